The monoisotopic (exact) mass is 319 g/mol. The van der Waals surface area contributed by atoms with Crippen LogP contribution in [0.5, 0.6) is 0 Å². The second-order valence-electron chi connectivity index (χ2n) is 6.54. The SMILES string of the molecule is CCCC[Si](CCCC)c1cccc2cc3ccccc3cc12. The Morgan fingerprint density at radius 2 is 1.30 bits per heavy atom. The van der Waals surface area contributed by atoms with Crippen molar-refractivity contribution in [3.63, 3.8) is 0 Å². The van der Waals surface area contributed by atoms with Gasteiger partial charge in [0, 0.05) is 0 Å². The van der Waals surface area contributed by atoms with Crippen molar-refractivity contribution >= 4 is 35.5 Å². The van der Waals surface area contributed by atoms with Crippen LogP contribution >= 0.6 is 0 Å². The zero-order valence-electron chi connectivity index (χ0n) is 14.4. The third-order valence-corrected chi connectivity index (χ3v) is 7.90. The Kier molecular flexibility index (Phi) is 5.50. The highest BCUT2D eigenvalue weighted by molar-refractivity contribution is 6.75. The number of fused-ring (bicyclic) bond motifs is 2. The van der Waals surface area contributed by atoms with Gasteiger partial charge in [-0.15, -0.1) is 0 Å². The van der Waals surface area contributed by atoms with Crippen LogP contribution in [0.15, 0.2) is 54.6 Å². The summed E-state index contributed by atoms with van der Waals surface area (Å²) in [4.78, 5) is 0. The van der Waals surface area contributed by atoms with Crippen molar-refractivity contribution in [2.45, 2.75) is 51.6 Å². The highest BCUT2D eigenvalue weighted by Crippen LogP contribution is 2.23. The summed E-state index contributed by atoms with van der Waals surface area (Å²) in [6.07, 6.45) is 5.38. The van der Waals surface area contributed by atoms with Crippen LogP contribution in [0.25, 0.3) is 21.5 Å². The van der Waals surface area contributed by atoms with Crippen molar-refractivity contribution in [2.75, 3.05) is 0 Å². The molecule has 0 N–H and O–H groups in total. The quantitative estimate of drug-likeness (QED) is 0.354. The molecule has 0 saturated carbocycles. The van der Waals surface area contributed by atoms with E-state index >= 15 is 0 Å². The zero-order valence-corrected chi connectivity index (χ0v) is 15.4. The molecule has 119 valence electrons. The molecule has 0 saturated heterocycles. The second-order valence-corrected chi connectivity index (χ2v) is 9.28. The van der Waals surface area contributed by atoms with Gasteiger partial charge in [0.2, 0.25) is 0 Å². The van der Waals surface area contributed by atoms with E-state index in [1.807, 2.05) is 0 Å². The molecule has 3 rings (SSSR count). The van der Waals surface area contributed by atoms with Gasteiger partial charge in [0.1, 0.15) is 0 Å². The van der Waals surface area contributed by atoms with Gasteiger partial charge in [-0.2, -0.15) is 0 Å². The van der Waals surface area contributed by atoms with Crippen LogP contribution in [0.3, 0.4) is 0 Å². The summed E-state index contributed by atoms with van der Waals surface area (Å²) in [5.41, 5.74) is 0. The van der Waals surface area contributed by atoms with Crippen molar-refractivity contribution in [3.05, 3.63) is 54.6 Å². The molecule has 0 aliphatic rings. The highest BCUT2D eigenvalue weighted by Gasteiger charge is 2.16. The molecule has 0 fully saturated rings. The first-order valence-corrected chi connectivity index (χ1v) is 11.0. The maximum absolute atomic E-state index is 2.43. The molecule has 23 heavy (non-hydrogen) atoms. The van der Waals surface area contributed by atoms with Gasteiger partial charge in [-0.3, -0.25) is 0 Å². The normalized spacial score (nSPS) is 11.6. The summed E-state index contributed by atoms with van der Waals surface area (Å²) in [5, 5.41) is 7.32. The highest BCUT2D eigenvalue weighted by atomic mass is 28.3. The number of benzene rings is 3. The van der Waals surface area contributed by atoms with E-state index in [1.165, 1.54) is 59.3 Å². The van der Waals surface area contributed by atoms with E-state index in [4.69, 9.17) is 0 Å². The largest absolute Gasteiger partial charge is 0.0864 e. The molecule has 0 spiro atoms. The van der Waals surface area contributed by atoms with Crippen molar-refractivity contribution in [1.82, 2.24) is 0 Å². The lowest BCUT2D eigenvalue weighted by Gasteiger charge is -2.18. The molecular formula is C22H27Si. The van der Waals surface area contributed by atoms with E-state index in [9.17, 15) is 0 Å². The van der Waals surface area contributed by atoms with Gasteiger partial charge in [0.25, 0.3) is 0 Å². The summed E-state index contributed by atoms with van der Waals surface area (Å²) < 4.78 is 0. The van der Waals surface area contributed by atoms with Gasteiger partial charge in [0.15, 0.2) is 0 Å². The Balaban J connectivity index is 2.08. The molecule has 0 bridgehead atoms. The van der Waals surface area contributed by atoms with Crippen molar-refractivity contribution < 1.29 is 0 Å². The lowest BCUT2D eigenvalue weighted by molar-refractivity contribution is 0.845. The number of rotatable bonds is 7. The summed E-state index contributed by atoms with van der Waals surface area (Å²) in [5.74, 6) is 0. The average molecular weight is 320 g/mol. The summed E-state index contributed by atoms with van der Waals surface area (Å²) in [6.45, 7) is 4.63. The van der Waals surface area contributed by atoms with E-state index < -0.39 is 8.80 Å². The molecule has 0 unspecified atom stereocenters. The minimum atomic E-state index is -0.440. The molecule has 1 heteroatoms. The van der Waals surface area contributed by atoms with Crippen molar-refractivity contribution in [2.24, 2.45) is 0 Å². The summed E-state index contributed by atoms with van der Waals surface area (Å²) >= 11 is 0. The number of hydrogen-bond acceptors (Lipinski definition) is 0. The molecular weight excluding hydrogens is 292 g/mol. The van der Waals surface area contributed by atoms with Crippen molar-refractivity contribution in [3.8, 4) is 0 Å². The number of hydrogen-bond donors (Lipinski definition) is 0. The van der Waals surface area contributed by atoms with E-state index in [2.05, 4.69) is 68.4 Å². The van der Waals surface area contributed by atoms with E-state index in [1.54, 1.807) is 5.19 Å². The van der Waals surface area contributed by atoms with Gasteiger partial charge in [-0.25, -0.2) is 0 Å². The van der Waals surface area contributed by atoms with E-state index in [0.717, 1.165) is 0 Å². The topological polar surface area (TPSA) is 0 Å². The van der Waals surface area contributed by atoms with Gasteiger partial charge >= 0.3 is 0 Å². The van der Waals surface area contributed by atoms with E-state index in [0.29, 0.717) is 0 Å². The predicted octanol–water partition coefficient (Wildman–Crippen LogP) is 6.30. The molecule has 0 atom stereocenters. The lowest BCUT2D eigenvalue weighted by Crippen LogP contribution is -2.30. The van der Waals surface area contributed by atoms with Crippen LogP contribution in [0.1, 0.15) is 39.5 Å². The minimum Gasteiger partial charge on any atom is -0.0654 e. The van der Waals surface area contributed by atoms with Crippen LogP contribution < -0.4 is 5.19 Å². The van der Waals surface area contributed by atoms with Crippen LogP contribution in [0.2, 0.25) is 12.1 Å². The molecule has 0 aliphatic heterocycles. The fraction of sp³-hybridized carbons (Fsp3) is 0.364. The van der Waals surface area contributed by atoms with Gasteiger partial charge in [0.05, 0.1) is 8.80 Å². The van der Waals surface area contributed by atoms with Gasteiger partial charge in [-0.1, -0.05) is 99.3 Å². The fourth-order valence-electron chi connectivity index (χ4n) is 3.45. The Hall–Kier alpha value is -1.60. The maximum atomic E-state index is 2.43. The molecule has 0 aliphatic carbocycles. The Labute approximate surface area is 142 Å². The summed E-state index contributed by atoms with van der Waals surface area (Å²) in [6, 6.07) is 23.4. The maximum Gasteiger partial charge on any atom is 0.0864 e. The minimum absolute atomic E-state index is 0.440. The molecule has 0 aromatic heterocycles. The Morgan fingerprint density at radius 1 is 0.696 bits per heavy atom. The smallest absolute Gasteiger partial charge is 0.0654 e. The standard InChI is InChI=1S/C22H27Si/c1-3-5-14-23(15-6-4-2)22-13-9-12-20-16-18-10-7-8-11-19(18)17-21(20)22/h7-13,16-17H,3-6,14-15H2,1-2H3. The lowest BCUT2D eigenvalue weighted by atomic mass is 10.0. The average Bonchev–Trinajstić information content (AvgIpc) is 2.60. The second kappa shape index (κ2) is 7.78. The molecule has 1 radical (unpaired) electrons. The molecule has 0 nitrogen and oxygen atoms in total. The third-order valence-electron chi connectivity index (χ3n) is 4.79. The first kappa shape index (κ1) is 16.3. The third kappa shape index (κ3) is 3.67. The molecule has 3 aromatic rings. The molecule has 3 aromatic carbocycles. The molecule has 0 heterocycles. The fourth-order valence-corrected chi connectivity index (χ4v) is 6.73. The zero-order chi connectivity index (χ0) is 16.1. The van der Waals surface area contributed by atoms with Crippen molar-refractivity contribution in [1.29, 1.82) is 0 Å². The van der Waals surface area contributed by atoms with E-state index in [-0.39, 0.29) is 0 Å². The number of unbranched alkanes of at least 4 members (excludes halogenated alkanes) is 2. The van der Waals surface area contributed by atoms with Gasteiger partial charge in [-0.05, 0) is 33.7 Å². The van der Waals surface area contributed by atoms with Crippen LogP contribution in [-0.4, -0.2) is 8.80 Å². The van der Waals surface area contributed by atoms with Crippen LogP contribution in [0.4, 0.5) is 0 Å². The summed E-state index contributed by atoms with van der Waals surface area (Å²) in [7, 11) is -0.440. The van der Waals surface area contributed by atoms with Gasteiger partial charge < -0.3 is 0 Å². The first-order valence-electron chi connectivity index (χ1n) is 9.10. The Morgan fingerprint density at radius 3 is 1.96 bits per heavy atom. The van der Waals surface area contributed by atoms with Crippen LogP contribution in [0, 0.1) is 0 Å². The van der Waals surface area contributed by atoms with Crippen LogP contribution in [-0.2, 0) is 0 Å². The Bertz CT molecular complexity index is 767. The predicted molar refractivity (Wildman–Crippen MR) is 106 cm³/mol. The first-order chi connectivity index (χ1) is 11.3. The molecule has 0 amide bonds.